The third-order valence-corrected chi connectivity index (χ3v) is 3.18. The van der Waals surface area contributed by atoms with E-state index in [1.165, 1.54) is 0 Å². The van der Waals surface area contributed by atoms with Crippen LogP contribution >= 0.6 is 0 Å². The van der Waals surface area contributed by atoms with E-state index in [2.05, 4.69) is 52.0 Å². The van der Waals surface area contributed by atoms with E-state index in [-0.39, 0.29) is 18.4 Å². The lowest BCUT2D eigenvalue weighted by molar-refractivity contribution is -0.0335. The Kier molecular flexibility index (Phi) is 8.78. The number of rotatable bonds is 9. The zero-order valence-corrected chi connectivity index (χ0v) is 12.4. The zero-order chi connectivity index (χ0) is 13.4. The standard InChI is InChI=1S/C13H31N3O/c1-7-12(16(5)6)11(4)17-10(3)9-15-13(14)8-2/h10-13,15H,7-9,14H2,1-6H3. The molecule has 0 aliphatic carbocycles. The predicted octanol–water partition coefficient (Wildman–Crippen LogP) is 1.40. The molecule has 0 spiro atoms. The normalized spacial score (nSPS) is 19.1. The summed E-state index contributed by atoms with van der Waals surface area (Å²) in [5.74, 6) is 0. The van der Waals surface area contributed by atoms with Crippen LogP contribution in [0.1, 0.15) is 40.5 Å². The van der Waals surface area contributed by atoms with Crippen LogP contribution in [-0.2, 0) is 4.74 Å². The summed E-state index contributed by atoms with van der Waals surface area (Å²) in [5, 5.41) is 3.26. The van der Waals surface area contributed by atoms with Gasteiger partial charge in [-0.05, 0) is 40.8 Å². The zero-order valence-electron chi connectivity index (χ0n) is 12.4. The van der Waals surface area contributed by atoms with Crippen LogP contribution in [0.15, 0.2) is 0 Å². The van der Waals surface area contributed by atoms with Crippen molar-refractivity contribution in [3.63, 3.8) is 0 Å². The van der Waals surface area contributed by atoms with Gasteiger partial charge in [0.1, 0.15) is 0 Å². The number of nitrogens with zero attached hydrogens (tertiary/aromatic N) is 1. The van der Waals surface area contributed by atoms with E-state index in [1.54, 1.807) is 0 Å². The Bertz CT molecular complexity index is 188. The Morgan fingerprint density at radius 1 is 1.18 bits per heavy atom. The Morgan fingerprint density at radius 2 is 1.76 bits per heavy atom. The third-order valence-electron chi connectivity index (χ3n) is 3.18. The Balaban J connectivity index is 3.97. The van der Waals surface area contributed by atoms with Gasteiger partial charge in [-0.25, -0.2) is 0 Å². The van der Waals surface area contributed by atoms with Crippen LogP contribution in [-0.4, -0.2) is 50.0 Å². The van der Waals surface area contributed by atoms with Crippen molar-refractivity contribution in [3.8, 4) is 0 Å². The minimum Gasteiger partial charge on any atom is -0.373 e. The van der Waals surface area contributed by atoms with Crippen LogP contribution < -0.4 is 11.1 Å². The first-order chi connectivity index (χ1) is 7.92. The van der Waals surface area contributed by atoms with E-state index in [1.807, 2.05) is 0 Å². The second-order valence-corrected chi connectivity index (χ2v) is 5.01. The van der Waals surface area contributed by atoms with Crippen molar-refractivity contribution in [1.82, 2.24) is 10.2 Å². The van der Waals surface area contributed by atoms with Crippen LogP contribution in [0, 0.1) is 0 Å². The maximum Gasteiger partial charge on any atom is 0.0706 e. The van der Waals surface area contributed by atoms with Gasteiger partial charge in [0.2, 0.25) is 0 Å². The van der Waals surface area contributed by atoms with Crippen LogP contribution in [0.5, 0.6) is 0 Å². The molecule has 104 valence electrons. The predicted molar refractivity (Wildman–Crippen MR) is 74.0 cm³/mol. The Hall–Kier alpha value is -0.160. The van der Waals surface area contributed by atoms with Gasteiger partial charge in [-0.1, -0.05) is 13.8 Å². The third kappa shape index (κ3) is 6.99. The molecule has 0 heterocycles. The van der Waals surface area contributed by atoms with Gasteiger partial charge in [0, 0.05) is 12.6 Å². The quantitative estimate of drug-likeness (QED) is 0.603. The molecule has 4 unspecified atom stereocenters. The summed E-state index contributed by atoms with van der Waals surface area (Å²) >= 11 is 0. The van der Waals surface area contributed by atoms with E-state index < -0.39 is 0 Å². The molecule has 0 fully saturated rings. The van der Waals surface area contributed by atoms with E-state index in [4.69, 9.17) is 10.5 Å². The number of ether oxygens (including phenoxy) is 1. The molecule has 0 rings (SSSR count). The largest absolute Gasteiger partial charge is 0.373 e. The molecule has 0 radical (unpaired) electrons. The van der Waals surface area contributed by atoms with Crippen LogP contribution in [0.4, 0.5) is 0 Å². The molecule has 0 bridgehead atoms. The minimum atomic E-state index is 0.0761. The average Bonchev–Trinajstić information content (AvgIpc) is 2.26. The van der Waals surface area contributed by atoms with Gasteiger partial charge in [0.25, 0.3) is 0 Å². The SMILES string of the molecule is CCC(N)NCC(C)OC(C)C(CC)N(C)C. The molecule has 4 heteroatoms. The first-order valence-electron chi connectivity index (χ1n) is 6.73. The molecule has 3 N–H and O–H groups in total. The molecular formula is C13H31N3O. The first-order valence-corrected chi connectivity index (χ1v) is 6.73. The highest BCUT2D eigenvalue weighted by molar-refractivity contribution is 4.73. The number of likely N-dealkylation sites (N-methyl/N-ethyl adjacent to an activating group) is 1. The highest BCUT2D eigenvalue weighted by atomic mass is 16.5. The maximum atomic E-state index is 6.00. The van der Waals surface area contributed by atoms with E-state index >= 15 is 0 Å². The van der Waals surface area contributed by atoms with Gasteiger partial charge in [0.05, 0.1) is 18.4 Å². The molecule has 4 nitrogen and oxygen atoms in total. The molecule has 0 aromatic carbocycles. The van der Waals surface area contributed by atoms with Crippen LogP contribution in [0.2, 0.25) is 0 Å². The Morgan fingerprint density at radius 3 is 2.18 bits per heavy atom. The molecule has 0 aliphatic heterocycles. The fourth-order valence-corrected chi connectivity index (χ4v) is 2.08. The van der Waals surface area contributed by atoms with E-state index in [9.17, 15) is 0 Å². The first kappa shape index (κ1) is 16.8. The number of nitrogens with one attached hydrogen (secondary N) is 1. The maximum absolute atomic E-state index is 6.00. The highest BCUT2D eigenvalue weighted by Crippen LogP contribution is 2.10. The summed E-state index contributed by atoms with van der Waals surface area (Å²) in [4.78, 5) is 2.22. The summed E-state index contributed by atoms with van der Waals surface area (Å²) in [5.41, 5.74) is 5.81. The van der Waals surface area contributed by atoms with Crippen molar-refractivity contribution in [1.29, 1.82) is 0 Å². The molecule has 0 aromatic rings. The van der Waals surface area contributed by atoms with Crippen LogP contribution in [0.3, 0.4) is 0 Å². The lowest BCUT2D eigenvalue weighted by Gasteiger charge is -2.31. The fraction of sp³-hybridized carbons (Fsp3) is 1.00. The smallest absolute Gasteiger partial charge is 0.0706 e. The number of nitrogens with two attached hydrogens (primary N) is 1. The molecule has 0 saturated heterocycles. The highest BCUT2D eigenvalue weighted by Gasteiger charge is 2.20. The van der Waals surface area contributed by atoms with Gasteiger partial charge in [0.15, 0.2) is 0 Å². The summed E-state index contributed by atoms with van der Waals surface area (Å²) in [6, 6.07) is 0.470. The second kappa shape index (κ2) is 8.86. The van der Waals surface area contributed by atoms with E-state index in [0.717, 1.165) is 19.4 Å². The molecular weight excluding hydrogens is 214 g/mol. The van der Waals surface area contributed by atoms with Crippen LogP contribution in [0.25, 0.3) is 0 Å². The van der Waals surface area contributed by atoms with Gasteiger partial charge in [-0.15, -0.1) is 0 Å². The van der Waals surface area contributed by atoms with Crippen molar-refractivity contribution in [2.24, 2.45) is 5.73 Å². The van der Waals surface area contributed by atoms with Crippen molar-refractivity contribution in [2.45, 2.75) is 65.0 Å². The molecule has 0 aromatic heterocycles. The van der Waals surface area contributed by atoms with Crippen molar-refractivity contribution in [3.05, 3.63) is 0 Å². The summed E-state index contributed by atoms with van der Waals surface area (Å²) < 4.78 is 6.00. The van der Waals surface area contributed by atoms with E-state index in [0.29, 0.717) is 6.04 Å². The van der Waals surface area contributed by atoms with Gasteiger partial charge >= 0.3 is 0 Å². The number of hydrogen-bond acceptors (Lipinski definition) is 4. The molecule has 0 aliphatic rings. The summed E-state index contributed by atoms with van der Waals surface area (Å²) in [7, 11) is 4.20. The minimum absolute atomic E-state index is 0.0761. The molecule has 17 heavy (non-hydrogen) atoms. The molecule has 4 atom stereocenters. The average molecular weight is 245 g/mol. The summed E-state index contributed by atoms with van der Waals surface area (Å²) in [6.07, 6.45) is 2.55. The molecule has 0 amide bonds. The monoisotopic (exact) mass is 245 g/mol. The topological polar surface area (TPSA) is 50.5 Å². The fourth-order valence-electron chi connectivity index (χ4n) is 2.08. The lowest BCUT2D eigenvalue weighted by atomic mass is 10.1. The number of hydrogen-bond donors (Lipinski definition) is 2. The van der Waals surface area contributed by atoms with Gasteiger partial charge < -0.3 is 15.4 Å². The van der Waals surface area contributed by atoms with Crippen molar-refractivity contribution >= 4 is 0 Å². The lowest BCUT2D eigenvalue weighted by Crippen LogP contribution is -2.44. The second-order valence-electron chi connectivity index (χ2n) is 5.01. The van der Waals surface area contributed by atoms with Gasteiger partial charge in [-0.3, -0.25) is 5.32 Å². The van der Waals surface area contributed by atoms with Crippen molar-refractivity contribution < 1.29 is 4.74 Å². The molecule has 0 saturated carbocycles. The van der Waals surface area contributed by atoms with Crippen molar-refractivity contribution in [2.75, 3.05) is 20.6 Å². The Labute approximate surface area is 107 Å². The summed E-state index contributed by atoms with van der Waals surface area (Å²) in [6.45, 7) is 9.31. The van der Waals surface area contributed by atoms with Gasteiger partial charge in [-0.2, -0.15) is 0 Å².